The normalized spacial score (nSPS) is 10.9. The van der Waals surface area contributed by atoms with Crippen LogP contribution in [0.15, 0.2) is 36.5 Å². The fourth-order valence-electron chi connectivity index (χ4n) is 2.09. The SMILES string of the molecule is COc1ccc(Cn2c(N)nc3ccc(F)cc32)cn1. The maximum atomic E-state index is 13.4. The predicted octanol–water partition coefficient (Wildman–Crippen LogP) is 2.21. The van der Waals surface area contributed by atoms with Crippen LogP contribution in [0.3, 0.4) is 0 Å². The van der Waals surface area contributed by atoms with E-state index in [1.807, 2.05) is 6.07 Å². The second-order valence-corrected chi connectivity index (χ2v) is 4.40. The Hall–Kier alpha value is -2.63. The van der Waals surface area contributed by atoms with Crippen LogP contribution >= 0.6 is 0 Å². The molecule has 2 N–H and O–H groups in total. The van der Waals surface area contributed by atoms with Crippen LogP contribution < -0.4 is 10.5 Å². The van der Waals surface area contributed by atoms with E-state index in [0.717, 1.165) is 5.56 Å². The molecule has 0 aliphatic carbocycles. The van der Waals surface area contributed by atoms with E-state index in [0.29, 0.717) is 29.4 Å². The zero-order chi connectivity index (χ0) is 14.1. The molecular formula is C14H13FN4O. The fraction of sp³-hybridized carbons (Fsp3) is 0.143. The summed E-state index contributed by atoms with van der Waals surface area (Å²) >= 11 is 0. The van der Waals surface area contributed by atoms with Gasteiger partial charge in [-0.2, -0.15) is 0 Å². The minimum absolute atomic E-state index is 0.313. The van der Waals surface area contributed by atoms with Crippen molar-refractivity contribution in [3.8, 4) is 5.88 Å². The lowest BCUT2D eigenvalue weighted by Crippen LogP contribution is -2.05. The first-order chi connectivity index (χ1) is 9.67. The third-order valence-electron chi connectivity index (χ3n) is 3.09. The molecule has 3 aromatic rings. The first kappa shape index (κ1) is 12.4. The molecule has 6 heteroatoms. The topological polar surface area (TPSA) is 66.0 Å². The standard InChI is InChI=1S/C14H13FN4O/c1-20-13-5-2-9(7-17-13)8-19-12-6-10(15)3-4-11(12)18-14(19)16/h2-7H,8H2,1H3,(H2,16,18). The van der Waals surface area contributed by atoms with Crippen LogP contribution in [-0.4, -0.2) is 21.6 Å². The molecule has 0 bridgehead atoms. The van der Waals surface area contributed by atoms with E-state index in [1.54, 1.807) is 30.0 Å². The number of nitrogens with zero attached hydrogens (tertiary/aromatic N) is 3. The number of benzene rings is 1. The van der Waals surface area contributed by atoms with Crippen molar-refractivity contribution < 1.29 is 9.13 Å². The van der Waals surface area contributed by atoms with Gasteiger partial charge in [0.05, 0.1) is 24.7 Å². The minimum atomic E-state index is -0.313. The fourth-order valence-corrected chi connectivity index (χ4v) is 2.09. The van der Waals surface area contributed by atoms with Gasteiger partial charge < -0.3 is 15.0 Å². The highest BCUT2D eigenvalue weighted by atomic mass is 19.1. The largest absolute Gasteiger partial charge is 0.481 e. The number of aromatic nitrogens is 3. The summed E-state index contributed by atoms with van der Waals surface area (Å²) in [5.74, 6) is 0.580. The molecule has 0 saturated carbocycles. The molecule has 1 aromatic carbocycles. The Morgan fingerprint density at radius 3 is 2.85 bits per heavy atom. The number of fused-ring (bicyclic) bond motifs is 1. The number of ether oxygens (including phenoxy) is 1. The Morgan fingerprint density at radius 2 is 2.15 bits per heavy atom. The maximum absolute atomic E-state index is 13.4. The highest BCUT2D eigenvalue weighted by Crippen LogP contribution is 2.20. The number of nitrogens with two attached hydrogens (primary N) is 1. The minimum Gasteiger partial charge on any atom is -0.481 e. The van der Waals surface area contributed by atoms with Crippen LogP contribution in [0.4, 0.5) is 10.3 Å². The molecule has 0 radical (unpaired) electrons. The van der Waals surface area contributed by atoms with Crippen molar-refractivity contribution in [3.05, 3.63) is 47.9 Å². The molecule has 0 unspecified atom stereocenters. The molecule has 5 nitrogen and oxygen atoms in total. The van der Waals surface area contributed by atoms with E-state index < -0.39 is 0 Å². The van der Waals surface area contributed by atoms with Crippen molar-refractivity contribution in [1.29, 1.82) is 0 Å². The van der Waals surface area contributed by atoms with Gasteiger partial charge in [0, 0.05) is 12.3 Å². The second-order valence-electron chi connectivity index (χ2n) is 4.40. The molecule has 0 amide bonds. The zero-order valence-electron chi connectivity index (χ0n) is 10.9. The number of imidazole rings is 1. The van der Waals surface area contributed by atoms with Crippen LogP contribution in [-0.2, 0) is 6.54 Å². The first-order valence-electron chi connectivity index (χ1n) is 6.07. The van der Waals surface area contributed by atoms with Gasteiger partial charge in [0.15, 0.2) is 0 Å². The summed E-state index contributed by atoms with van der Waals surface area (Å²) in [5, 5.41) is 0. The Balaban J connectivity index is 2.00. The molecule has 0 saturated heterocycles. The molecule has 0 aliphatic rings. The van der Waals surface area contributed by atoms with Gasteiger partial charge in [0.2, 0.25) is 11.8 Å². The van der Waals surface area contributed by atoms with Crippen LogP contribution in [0.2, 0.25) is 0 Å². The van der Waals surface area contributed by atoms with Gasteiger partial charge in [-0.05, 0) is 23.8 Å². The molecule has 20 heavy (non-hydrogen) atoms. The van der Waals surface area contributed by atoms with Gasteiger partial charge in [0.25, 0.3) is 0 Å². The average molecular weight is 272 g/mol. The summed E-state index contributed by atoms with van der Waals surface area (Å²) in [6, 6.07) is 8.06. The number of pyridine rings is 1. The van der Waals surface area contributed by atoms with Gasteiger partial charge in [-0.25, -0.2) is 14.4 Å². The average Bonchev–Trinajstić information content (AvgIpc) is 2.76. The van der Waals surface area contributed by atoms with Crippen molar-refractivity contribution in [2.75, 3.05) is 12.8 Å². The number of hydrogen-bond donors (Lipinski definition) is 1. The second kappa shape index (κ2) is 4.80. The summed E-state index contributed by atoms with van der Waals surface area (Å²) in [7, 11) is 1.56. The van der Waals surface area contributed by atoms with Crippen LogP contribution in [0.25, 0.3) is 11.0 Å². The Labute approximate surface area is 114 Å². The molecule has 2 aromatic heterocycles. The lowest BCUT2D eigenvalue weighted by molar-refractivity contribution is 0.397. The number of methoxy groups -OCH3 is 1. The Kier molecular flexibility index (Phi) is 2.98. The zero-order valence-corrected chi connectivity index (χ0v) is 10.9. The predicted molar refractivity (Wildman–Crippen MR) is 74.0 cm³/mol. The molecule has 3 rings (SSSR count). The van der Waals surface area contributed by atoms with Crippen LogP contribution in [0, 0.1) is 5.82 Å². The number of halogens is 1. The highest BCUT2D eigenvalue weighted by Gasteiger charge is 2.09. The number of anilines is 1. The molecular weight excluding hydrogens is 259 g/mol. The summed E-state index contributed by atoms with van der Waals surface area (Å²) in [4.78, 5) is 8.35. The van der Waals surface area contributed by atoms with Gasteiger partial charge in [-0.1, -0.05) is 6.07 Å². The summed E-state index contributed by atoms with van der Waals surface area (Å²) in [6.45, 7) is 0.475. The van der Waals surface area contributed by atoms with Crippen LogP contribution in [0.1, 0.15) is 5.56 Å². The van der Waals surface area contributed by atoms with Crippen LogP contribution in [0.5, 0.6) is 5.88 Å². The molecule has 102 valence electrons. The number of rotatable bonds is 3. The third kappa shape index (κ3) is 2.16. The van der Waals surface area contributed by atoms with Crippen molar-refractivity contribution in [2.24, 2.45) is 0 Å². The van der Waals surface area contributed by atoms with Crippen molar-refractivity contribution >= 4 is 17.0 Å². The van der Waals surface area contributed by atoms with Crippen molar-refractivity contribution in [3.63, 3.8) is 0 Å². The lowest BCUT2D eigenvalue weighted by Gasteiger charge is -2.07. The Bertz CT molecular complexity index is 752. The van der Waals surface area contributed by atoms with Gasteiger partial charge in [-0.3, -0.25) is 0 Å². The highest BCUT2D eigenvalue weighted by molar-refractivity contribution is 5.78. The molecule has 2 heterocycles. The van der Waals surface area contributed by atoms with Crippen molar-refractivity contribution in [1.82, 2.24) is 14.5 Å². The number of nitrogen functional groups attached to an aromatic ring is 1. The summed E-state index contributed by atoms with van der Waals surface area (Å²) in [5.41, 5.74) is 8.16. The smallest absolute Gasteiger partial charge is 0.212 e. The van der Waals surface area contributed by atoms with Crippen molar-refractivity contribution in [2.45, 2.75) is 6.54 Å². The van der Waals surface area contributed by atoms with E-state index in [9.17, 15) is 4.39 Å². The first-order valence-corrected chi connectivity index (χ1v) is 6.07. The summed E-state index contributed by atoms with van der Waals surface area (Å²) < 4.78 is 20.1. The maximum Gasteiger partial charge on any atom is 0.212 e. The van der Waals surface area contributed by atoms with E-state index in [2.05, 4.69) is 9.97 Å². The van der Waals surface area contributed by atoms with E-state index >= 15 is 0 Å². The Morgan fingerprint density at radius 1 is 1.30 bits per heavy atom. The quantitative estimate of drug-likeness (QED) is 0.794. The molecule has 0 fully saturated rings. The van der Waals surface area contributed by atoms with E-state index in [-0.39, 0.29) is 5.82 Å². The van der Waals surface area contributed by atoms with Gasteiger partial charge >= 0.3 is 0 Å². The number of hydrogen-bond acceptors (Lipinski definition) is 4. The van der Waals surface area contributed by atoms with E-state index in [1.165, 1.54) is 12.1 Å². The van der Waals surface area contributed by atoms with E-state index in [4.69, 9.17) is 10.5 Å². The molecule has 0 atom stereocenters. The van der Waals surface area contributed by atoms with Gasteiger partial charge in [-0.15, -0.1) is 0 Å². The van der Waals surface area contributed by atoms with Gasteiger partial charge in [0.1, 0.15) is 5.82 Å². The molecule has 0 spiro atoms. The lowest BCUT2D eigenvalue weighted by atomic mass is 10.2. The monoisotopic (exact) mass is 272 g/mol. The summed E-state index contributed by atoms with van der Waals surface area (Å²) in [6.07, 6.45) is 1.70. The molecule has 0 aliphatic heterocycles. The third-order valence-corrected chi connectivity index (χ3v) is 3.09.